The van der Waals surface area contributed by atoms with Gasteiger partial charge in [-0.25, -0.2) is 0 Å². The third-order valence-corrected chi connectivity index (χ3v) is 2.43. The number of carboxylic acid groups (broad SMARTS) is 1. The van der Waals surface area contributed by atoms with Crippen molar-refractivity contribution in [1.29, 1.82) is 0 Å². The maximum Gasteiger partial charge on any atom is 0.668 e. The molecule has 0 saturated heterocycles. The van der Waals surface area contributed by atoms with Gasteiger partial charge in [-0.3, -0.25) is 4.79 Å². The molecular formula is C10H22AlO4. The van der Waals surface area contributed by atoms with Crippen LogP contribution in [0.15, 0.2) is 0 Å². The highest BCUT2D eigenvalue weighted by atomic mass is 27.2. The van der Waals surface area contributed by atoms with Crippen molar-refractivity contribution in [3.63, 3.8) is 0 Å². The van der Waals surface area contributed by atoms with Crippen LogP contribution in [0.5, 0.6) is 0 Å². The van der Waals surface area contributed by atoms with Crippen molar-refractivity contribution in [2.75, 3.05) is 0 Å². The summed E-state index contributed by atoms with van der Waals surface area (Å²) in [4.78, 5) is 9.60. The Morgan fingerprint density at radius 3 is 1.73 bits per heavy atom. The standard InChI is InChI=1S/C4H8O2.2C3H7O.Al/c1-2-3-4(5)6;2*1-3(2)4;/h2-3H2,1H3,(H,5,6);2*3H,1-2H3;/q;2*-1;+2. The van der Waals surface area contributed by atoms with Crippen molar-refractivity contribution in [3.05, 3.63) is 0 Å². The van der Waals surface area contributed by atoms with Gasteiger partial charge >= 0.3 is 21.9 Å². The molecule has 0 aromatic heterocycles. The highest BCUT2D eigenvalue weighted by molar-refractivity contribution is 6.18. The number of rotatable bonds is 6. The van der Waals surface area contributed by atoms with Gasteiger partial charge in [-0.05, 0) is 34.1 Å². The van der Waals surface area contributed by atoms with Crippen LogP contribution in [-0.2, 0) is 12.4 Å². The summed E-state index contributed by atoms with van der Waals surface area (Å²) in [6.07, 6.45) is 1.63. The number of hydrogen-bond donors (Lipinski definition) is 1. The molecule has 0 aliphatic carbocycles. The van der Waals surface area contributed by atoms with E-state index in [1.54, 1.807) is 0 Å². The van der Waals surface area contributed by atoms with Gasteiger partial charge in [0, 0.05) is 18.6 Å². The monoisotopic (exact) mass is 233 g/mol. The molecule has 0 atom stereocenters. The normalized spacial score (nSPS) is 9.80. The molecule has 0 heterocycles. The van der Waals surface area contributed by atoms with Crippen LogP contribution in [0.1, 0.15) is 47.5 Å². The van der Waals surface area contributed by atoms with E-state index in [2.05, 4.69) is 0 Å². The molecule has 89 valence electrons. The summed E-state index contributed by atoms with van der Waals surface area (Å²) >= 11 is -0.245. The lowest BCUT2D eigenvalue weighted by atomic mass is 10.4. The van der Waals surface area contributed by atoms with Crippen molar-refractivity contribution in [2.45, 2.75) is 59.7 Å². The van der Waals surface area contributed by atoms with Crippen LogP contribution in [0, 0.1) is 0 Å². The minimum Gasteiger partial charge on any atom is -0.482 e. The zero-order valence-electron chi connectivity index (χ0n) is 10.3. The number of carboxylic acids is 1. The Bertz CT molecular complexity index is 140. The lowest BCUT2D eigenvalue weighted by Crippen LogP contribution is -2.14. The first-order valence-corrected chi connectivity index (χ1v) is 6.18. The Balaban J connectivity index is 0. The molecule has 0 aliphatic heterocycles. The lowest BCUT2D eigenvalue weighted by molar-refractivity contribution is -0.137. The quantitative estimate of drug-likeness (QED) is 0.715. The molecule has 15 heavy (non-hydrogen) atoms. The highest BCUT2D eigenvalue weighted by Gasteiger charge is 2.01. The maximum atomic E-state index is 9.60. The molecule has 0 saturated carbocycles. The van der Waals surface area contributed by atoms with E-state index in [0.29, 0.717) is 18.6 Å². The Kier molecular flexibility index (Phi) is 13.9. The Morgan fingerprint density at radius 2 is 1.60 bits per heavy atom. The molecule has 0 aliphatic rings. The molecule has 0 aromatic carbocycles. The Labute approximate surface area is 99.3 Å². The molecule has 4 nitrogen and oxygen atoms in total. The first-order valence-electron chi connectivity index (χ1n) is 5.24. The molecular weight excluding hydrogens is 211 g/mol. The largest absolute Gasteiger partial charge is 0.668 e. The second-order valence-electron chi connectivity index (χ2n) is 3.61. The zero-order chi connectivity index (χ0) is 12.3. The maximum absolute atomic E-state index is 9.60. The van der Waals surface area contributed by atoms with Gasteiger partial charge in [0.05, 0.1) is 0 Å². The Morgan fingerprint density at radius 1 is 1.20 bits per heavy atom. The smallest absolute Gasteiger partial charge is 0.482 e. The second-order valence-corrected chi connectivity index (χ2v) is 4.35. The van der Waals surface area contributed by atoms with E-state index in [1.807, 2.05) is 34.6 Å². The van der Waals surface area contributed by atoms with Crippen LogP contribution < -0.4 is 0 Å². The predicted octanol–water partition coefficient (Wildman–Crippen LogP) is 2.24. The van der Waals surface area contributed by atoms with Crippen LogP contribution in [-0.4, -0.2) is 39.2 Å². The molecule has 0 spiro atoms. The summed E-state index contributed by atoms with van der Waals surface area (Å²) in [5, 5.41) is 7.91. The fraction of sp³-hybridized carbons (Fsp3) is 0.900. The van der Waals surface area contributed by atoms with Gasteiger partial charge in [0.25, 0.3) is 0 Å². The first kappa shape index (κ1) is 17.3. The van der Waals surface area contributed by atoms with E-state index in [1.165, 1.54) is 0 Å². The van der Waals surface area contributed by atoms with Crippen molar-refractivity contribution >= 4 is 21.9 Å². The van der Waals surface area contributed by atoms with Crippen LogP contribution in [0.3, 0.4) is 0 Å². The predicted molar refractivity (Wildman–Crippen MR) is 60.7 cm³/mol. The van der Waals surface area contributed by atoms with Crippen LogP contribution in [0.4, 0.5) is 0 Å². The number of hydrogen-bond acceptors (Lipinski definition) is 3. The molecule has 0 rings (SSSR count). The van der Waals surface area contributed by atoms with Gasteiger partial charge in [0.1, 0.15) is 0 Å². The summed E-state index contributed by atoms with van der Waals surface area (Å²) in [7, 11) is 0. The minimum absolute atomic E-state index is 0.245. The van der Waals surface area contributed by atoms with Gasteiger partial charge in [-0.15, -0.1) is 0 Å². The number of carbonyl (C=O) groups is 1. The molecule has 0 unspecified atom stereocenters. The van der Waals surface area contributed by atoms with E-state index >= 15 is 0 Å². The van der Waals surface area contributed by atoms with Crippen LogP contribution in [0.2, 0.25) is 0 Å². The zero-order valence-corrected chi connectivity index (χ0v) is 11.5. The summed E-state index contributed by atoms with van der Waals surface area (Å²) in [5.41, 5.74) is 0. The summed E-state index contributed by atoms with van der Waals surface area (Å²) in [6, 6.07) is 0. The van der Waals surface area contributed by atoms with E-state index < -0.39 is 5.97 Å². The molecule has 1 N–H and O–H groups in total. The van der Waals surface area contributed by atoms with Gasteiger partial charge < -0.3 is 12.7 Å². The fourth-order valence-electron chi connectivity index (χ4n) is 0.468. The molecule has 0 aromatic rings. The van der Waals surface area contributed by atoms with E-state index in [-0.39, 0.29) is 15.9 Å². The average Bonchev–Trinajstić information content (AvgIpc) is 2.03. The van der Waals surface area contributed by atoms with E-state index in [0.717, 1.165) is 6.42 Å². The van der Waals surface area contributed by atoms with Crippen molar-refractivity contribution in [3.8, 4) is 0 Å². The van der Waals surface area contributed by atoms with Crippen molar-refractivity contribution in [2.24, 2.45) is 0 Å². The topological polar surface area (TPSA) is 55.8 Å². The van der Waals surface area contributed by atoms with Crippen LogP contribution in [0.25, 0.3) is 0 Å². The SMILES string of the molecule is CC(C)[O][Al][O]C(C)C.CCCC(=O)O. The van der Waals surface area contributed by atoms with Crippen molar-refractivity contribution < 1.29 is 17.5 Å². The van der Waals surface area contributed by atoms with Gasteiger partial charge in [0.2, 0.25) is 0 Å². The highest BCUT2D eigenvalue weighted by Crippen LogP contribution is 1.89. The minimum atomic E-state index is -0.711. The van der Waals surface area contributed by atoms with Crippen molar-refractivity contribution in [1.82, 2.24) is 0 Å². The summed E-state index contributed by atoms with van der Waals surface area (Å²) in [6.45, 7) is 9.88. The third-order valence-electron chi connectivity index (χ3n) is 1.12. The molecule has 0 fully saturated rings. The molecule has 0 amide bonds. The molecule has 0 bridgehead atoms. The van der Waals surface area contributed by atoms with E-state index in [4.69, 9.17) is 12.7 Å². The second kappa shape index (κ2) is 12.0. The first-order chi connectivity index (χ1) is 6.90. The fourth-order valence-corrected chi connectivity index (χ4v) is 0.977. The van der Waals surface area contributed by atoms with Gasteiger partial charge in [-0.1, -0.05) is 6.92 Å². The lowest BCUT2D eigenvalue weighted by Gasteiger charge is -2.09. The summed E-state index contributed by atoms with van der Waals surface area (Å²) < 4.78 is 10.4. The van der Waals surface area contributed by atoms with Gasteiger partial charge in [-0.2, -0.15) is 0 Å². The summed E-state index contributed by atoms with van der Waals surface area (Å²) in [5.74, 6) is -0.711. The average molecular weight is 233 g/mol. The Hall–Kier alpha value is -0.0775. The molecule has 1 radical (unpaired) electrons. The van der Waals surface area contributed by atoms with Crippen LogP contribution >= 0.6 is 0 Å². The number of aliphatic carboxylic acids is 1. The van der Waals surface area contributed by atoms with E-state index in [9.17, 15) is 4.79 Å². The third kappa shape index (κ3) is 24.9. The van der Waals surface area contributed by atoms with Gasteiger partial charge in [0.15, 0.2) is 0 Å². The molecule has 5 heteroatoms.